The van der Waals surface area contributed by atoms with Gasteiger partial charge in [0.2, 0.25) is 0 Å². The third-order valence-electron chi connectivity index (χ3n) is 3.27. The first kappa shape index (κ1) is 12.4. The molecule has 1 aromatic carbocycles. The van der Waals surface area contributed by atoms with E-state index in [1.54, 1.807) is 0 Å². The van der Waals surface area contributed by atoms with Gasteiger partial charge in [0.15, 0.2) is 0 Å². The predicted molar refractivity (Wildman–Crippen MR) is 67.5 cm³/mol. The van der Waals surface area contributed by atoms with Crippen LogP contribution in [0.5, 0.6) is 0 Å². The molecule has 1 aromatic rings. The Labute approximate surface area is 106 Å². The Hall–Kier alpha value is -1.06. The van der Waals surface area contributed by atoms with Gasteiger partial charge < -0.3 is 5.11 Å². The lowest BCUT2D eigenvalue weighted by atomic mass is 9.89. The molecule has 1 aliphatic heterocycles. The molecule has 0 atom stereocenters. The molecule has 0 aliphatic carbocycles. The van der Waals surface area contributed by atoms with E-state index < -0.39 is 5.97 Å². The molecular formula is C13H16ClNO2. The number of rotatable bonds is 3. The minimum absolute atomic E-state index is 0.155. The highest BCUT2D eigenvalue weighted by atomic mass is 35.5. The fraction of sp³-hybridized carbons (Fsp3) is 0.462. The minimum Gasteiger partial charge on any atom is -0.480 e. The Bertz CT molecular complexity index is 400. The van der Waals surface area contributed by atoms with Crippen molar-refractivity contribution in [3.05, 3.63) is 34.9 Å². The van der Waals surface area contributed by atoms with Crippen LogP contribution >= 0.6 is 11.6 Å². The number of piperidine rings is 1. The quantitative estimate of drug-likeness (QED) is 0.900. The first-order chi connectivity index (χ1) is 8.15. The molecule has 1 aliphatic rings. The summed E-state index contributed by atoms with van der Waals surface area (Å²) in [6.45, 7) is 1.86. The van der Waals surface area contributed by atoms with Crippen LogP contribution in [0.25, 0.3) is 0 Å². The summed E-state index contributed by atoms with van der Waals surface area (Å²) in [5, 5.41) is 9.50. The van der Waals surface area contributed by atoms with Crippen molar-refractivity contribution in [2.24, 2.45) is 0 Å². The zero-order valence-electron chi connectivity index (χ0n) is 9.60. The van der Waals surface area contributed by atoms with Crippen LogP contribution in [-0.2, 0) is 4.79 Å². The molecular weight excluding hydrogens is 238 g/mol. The summed E-state index contributed by atoms with van der Waals surface area (Å²) in [7, 11) is 0. The normalized spacial score (nSPS) is 18.2. The number of nitrogens with zero attached hydrogens (tertiary/aromatic N) is 1. The van der Waals surface area contributed by atoms with Crippen molar-refractivity contribution >= 4 is 17.6 Å². The fourth-order valence-electron chi connectivity index (χ4n) is 2.38. The fourth-order valence-corrected chi connectivity index (χ4v) is 2.57. The molecule has 4 heteroatoms. The second kappa shape index (κ2) is 5.52. The highest BCUT2D eigenvalue weighted by Gasteiger charge is 2.21. The molecule has 0 unspecified atom stereocenters. The van der Waals surface area contributed by atoms with E-state index in [1.165, 1.54) is 5.56 Å². The third kappa shape index (κ3) is 3.45. The first-order valence-corrected chi connectivity index (χ1v) is 6.22. The van der Waals surface area contributed by atoms with Crippen LogP contribution in [0.3, 0.4) is 0 Å². The van der Waals surface area contributed by atoms with Crippen molar-refractivity contribution in [3.63, 3.8) is 0 Å². The molecule has 0 bridgehead atoms. The van der Waals surface area contributed by atoms with Gasteiger partial charge in [-0.25, -0.2) is 0 Å². The second-order valence-corrected chi connectivity index (χ2v) is 4.94. The maximum atomic E-state index is 10.6. The summed E-state index contributed by atoms with van der Waals surface area (Å²) in [5.74, 6) is -0.232. The summed E-state index contributed by atoms with van der Waals surface area (Å²) in [4.78, 5) is 12.6. The summed E-state index contributed by atoms with van der Waals surface area (Å²) in [6, 6.07) is 7.97. The van der Waals surface area contributed by atoms with Crippen LogP contribution in [0.2, 0.25) is 5.02 Å². The van der Waals surface area contributed by atoms with Gasteiger partial charge >= 0.3 is 5.97 Å². The van der Waals surface area contributed by atoms with Gasteiger partial charge in [0.1, 0.15) is 0 Å². The molecule has 2 rings (SSSR count). The van der Waals surface area contributed by atoms with Crippen LogP contribution in [0, 0.1) is 0 Å². The molecule has 0 saturated carbocycles. The van der Waals surface area contributed by atoms with E-state index in [9.17, 15) is 4.79 Å². The summed E-state index contributed by atoms with van der Waals surface area (Å²) >= 11 is 5.97. The number of hydrogen-bond acceptors (Lipinski definition) is 2. The maximum absolute atomic E-state index is 10.6. The number of likely N-dealkylation sites (tertiary alicyclic amines) is 1. The highest BCUT2D eigenvalue weighted by molar-refractivity contribution is 6.30. The molecule has 1 fully saturated rings. The van der Waals surface area contributed by atoms with E-state index >= 15 is 0 Å². The van der Waals surface area contributed by atoms with Gasteiger partial charge in [-0.1, -0.05) is 23.7 Å². The molecule has 3 nitrogen and oxygen atoms in total. The smallest absolute Gasteiger partial charge is 0.317 e. The van der Waals surface area contributed by atoms with E-state index in [-0.39, 0.29) is 6.54 Å². The average molecular weight is 254 g/mol. The number of benzene rings is 1. The summed E-state index contributed by atoms with van der Waals surface area (Å²) in [5.41, 5.74) is 1.27. The number of carboxylic acid groups (broad SMARTS) is 1. The van der Waals surface area contributed by atoms with E-state index in [1.807, 2.05) is 23.1 Å². The first-order valence-electron chi connectivity index (χ1n) is 5.85. The summed E-state index contributed by atoms with van der Waals surface area (Å²) in [6.07, 6.45) is 2.02. The van der Waals surface area contributed by atoms with Gasteiger partial charge in [0, 0.05) is 5.02 Å². The number of hydrogen-bond donors (Lipinski definition) is 1. The van der Waals surface area contributed by atoms with Crippen LogP contribution in [0.15, 0.2) is 24.3 Å². The van der Waals surface area contributed by atoms with Crippen LogP contribution in [0.4, 0.5) is 0 Å². The van der Waals surface area contributed by atoms with Gasteiger partial charge in [0.25, 0.3) is 0 Å². The maximum Gasteiger partial charge on any atom is 0.317 e. The standard InChI is InChI=1S/C13H16ClNO2/c14-12-3-1-2-11(8-12)10-4-6-15(7-5-10)9-13(16)17/h1-3,8,10H,4-7,9H2,(H,16,17). The Morgan fingerprint density at radius 1 is 1.41 bits per heavy atom. The lowest BCUT2D eigenvalue weighted by Crippen LogP contribution is -2.36. The number of aliphatic carboxylic acids is 1. The number of carboxylic acids is 1. The summed E-state index contributed by atoms with van der Waals surface area (Å²) < 4.78 is 0. The highest BCUT2D eigenvalue weighted by Crippen LogP contribution is 2.29. The third-order valence-corrected chi connectivity index (χ3v) is 3.50. The van der Waals surface area contributed by atoms with Gasteiger partial charge in [-0.3, -0.25) is 9.69 Å². The van der Waals surface area contributed by atoms with E-state index in [0.717, 1.165) is 31.0 Å². The largest absolute Gasteiger partial charge is 0.480 e. The van der Waals surface area contributed by atoms with Crippen LogP contribution in [-0.4, -0.2) is 35.6 Å². The predicted octanol–water partition coefficient (Wildman–Crippen LogP) is 2.60. The molecule has 1 N–H and O–H groups in total. The molecule has 0 spiro atoms. The van der Waals surface area contributed by atoms with Crippen molar-refractivity contribution in [2.75, 3.05) is 19.6 Å². The number of halogens is 1. The average Bonchev–Trinajstić information content (AvgIpc) is 2.29. The SMILES string of the molecule is O=C(O)CN1CCC(c2cccc(Cl)c2)CC1. The van der Waals surface area contributed by atoms with Crippen LogP contribution < -0.4 is 0 Å². The Morgan fingerprint density at radius 3 is 2.71 bits per heavy atom. The Morgan fingerprint density at radius 2 is 2.12 bits per heavy atom. The molecule has 1 heterocycles. The van der Waals surface area contributed by atoms with Gasteiger partial charge in [-0.15, -0.1) is 0 Å². The van der Waals surface area contributed by atoms with E-state index in [2.05, 4.69) is 6.07 Å². The topological polar surface area (TPSA) is 40.5 Å². The van der Waals surface area contributed by atoms with Crippen LogP contribution in [0.1, 0.15) is 24.3 Å². The van der Waals surface area contributed by atoms with Crippen molar-refractivity contribution in [1.82, 2.24) is 4.90 Å². The lowest BCUT2D eigenvalue weighted by Gasteiger charge is -2.31. The van der Waals surface area contributed by atoms with Gasteiger partial charge in [-0.2, -0.15) is 0 Å². The molecule has 17 heavy (non-hydrogen) atoms. The zero-order valence-corrected chi connectivity index (χ0v) is 10.4. The molecule has 0 aromatic heterocycles. The molecule has 0 amide bonds. The minimum atomic E-state index is -0.744. The van der Waals surface area contributed by atoms with Gasteiger partial charge in [-0.05, 0) is 49.5 Å². The monoisotopic (exact) mass is 253 g/mol. The number of carbonyl (C=O) groups is 1. The van der Waals surface area contributed by atoms with Gasteiger partial charge in [0.05, 0.1) is 6.54 Å². The van der Waals surface area contributed by atoms with Crippen molar-refractivity contribution in [2.45, 2.75) is 18.8 Å². The Balaban J connectivity index is 1.93. The van der Waals surface area contributed by atoms with Crippen molar-refractivity contribution in [1.29, 1.82) is 0 Å². The second-order valence-electron chi connectivity index (χ2n) is 4.50. The van der Waals surface area contributed by atoms with E-state index in [4.69, 9.17) is 16.7 Å². The Kier molecular flexibility index (Phi) is 4.02. The van der Waals surface area contributed by atoms with E-state index in [0.29, 0.717) is 5.92 Å². The van der Waals surface area contributed by atoms with Crippen molar-refractivity contribution in [3.8, 4) is 0 Å². The molecule has 1 saturated heterocycles. The van der Waals surface area contributed by atoms with Crippen molar-refractivity contribution < 1.29 is 9.90 Å². The lowest BCUT2D eigenvalue weighted by molar-refractivity contribution is -0.138. The molecule has 92 valence electrons. The molecule has 0 radical (unpaired) electrons. The zero-order chi connectivity index (χ0) is 12.3.